The highest BCUT2D eigenvalue weighted by molar-refractivity contribution is 5.95. The van der Waals surface area contributed by atoms with Gasteiger partial charge in [0.25, 0.3) is 5.91 Å². The molecule has 0 aliphatic rings. The van der Waals surface area contributed by atoms with Crippen molar-refractivity contribution in [2.75, 3.05) is 32.6 Å². The number of amides is 2. The van der Waals surface area contributed by atoms with Crippen molar-refractivity contribution in [2.45, 2.75) is 19.8 Å². The van der Waals surface area contributed by atoms with E-state index in [1.165, 1.54) is 4.90 Å². The molecule has 0 atom stereocenters. The molecule has 0 saturated heterocycles. The summed E-state index contributed by atoms with van der Waals surface area (Å²) in [5.41, 5.74) is 1.25. The summed E-state index contributed by atoms with van der Waals surface area (Å²) < 4.78 is 11.0. The first-order valence-corrected chi connectivity index (χ1v) is 8.97. The van der Waals surface area contributed by atoms with E-state index in [1.54, 1.807) is 38.4 Å². The van der Waals surface area contributed by atoms with E-state index in [2.05, 4.69) is 5.32 Å². The molecule has 0 heterocycles. The summed E-state index contributed by atoms with van der Waals surface area (Å²) >= 11 is 0. The molecule has 144 valence electrons. The Bertz CT molecular complexity index is 740. The van der Waals surface area contributed by atoms with Crippen LogP contribution in [-0.2, 0) is 4.79 Å². The highest BCUT2D eigenvalue weighted by Gasteiger charge is 2.08. The van der Waals surface area contributed by atoms with E-state index < -0.39 is 0 Å². The molecule has 2 aromatic rings. The standard InChI is InChI=1S/C21H26N2O4/c1-4-26-18-11-13-19(14-12-18)27-15-5-6-20(24)22-17-9-7-16(8-10-17)21(25)23(2)3/h7-14H,4-6,15H2,1-3H3,(H,22,24). The Kier molecular flexibility index (Phi) is 7.67. The van der Waals surface area contributed by atoms with Gasteiger partial charge in [-0.25, -0.2) is 0 Å². The first-order chi connectivity index (χ1) is 13.0. The molecule has 2 amide bonds. The van der Waals surface area contributed by atoms with Gasteiger partial charge in [0.1, 0.15) is 11.5 Å². The maximum atomic E-state index is 12.0. The molecule has 6 nitrogen and oxygen atoms in total. The number of nitrogens with one attached hydrogen (secondary N) is 1. The number of hydrogen-bond acceptors (Lipinski definition) is 4. The predicted octanol–water partition coefficient (Wildman–Crippen LogP) is 3.58. The zero-order chi connectivity index (χ0) is 19.6. The minimum absolute atomic E-state index is 0.0701. The van der Waals surface area contributed by atoms with E-state index in [0.717, 1.165) is 11.5 Å². The summed E-state index contributed by atoms with van der Waals surface area (Å²) in [7, 11) is 3.40. The van der Waals surface area contributed by atoms with Crippen LogP contribution in [0, 0.1) is 0 Å². The van der Waals surface area contributed by atoms with Crippen molar-refractivity contribution >= 4 is 17.5 Å². The smallest absolute Gasteiger partial charge is 0.253 e. The van der Waals surface area contributed by atoms with Crippen LogP contribution in [0.1, 0.15) is 30.1 Å². The molecular weight excluding hydrogens is 344 g/mol. The van der Waals surface area contributed by atoms with Crippen molar-refractivity contribution in [3.63, 3.8) is 0 Å². The van der Waals surface area contributed by atoms with Crippen molar-refractivity contribution in [1.82, 2.24) is 4.90 Å². The Morgan fingerprint density at radius 1 is 0.926 bits per heavy atom. The minimum atomic E-state index is -0.0861. The number of carbonyl (C=O) groups excluding carboxylic acids is 2. The molecule has 0 aliphatic carbocycles. The number of nitrogens with zero attached hydrogens (tertiary/aromatic N) is 1. The molecule has 2 aromatic carbocycles. The van der Waals surface area contributed by atoms with Gasteiger partial charge in [0, 0.05) is 31.8 Å². The third kappa shape index (κ3) is 6.66. The number of carbonyl (C=O) groups is 2. The molecular formula is C21H26N2O4. The summed E-state index contributed by atoms with van der Waals surface area (Å²) in [5, 5.41) is 2.82. The lowest BCUT2D eigenvalue weighted by atomic mass is 10.2. The van der Waals surface area contributed by atoms with Gasteiger partial charge in [0.15, 0.2) is 0 Å². The molecule has 0 saturated carbocycles. The van der Waals surface area contributed by atoms with Gasteiger partial charge in [-0.3, -0.25) is 9.59 Å². The van der Waals surface area contributed by atoms with Crippen LogP contribution in [0.25, 0.3) is 0 Å². The first kappa shape index (κ1) is 20.3. The number of anilines is 1. The summed E-state index contributed by atoms with van der Waals surface area (Å²) in [6, 6.07) is 14.3. The average molecular weight is 370 g/mol. The van der Waals surface area contributed by atoms with Gasteiger partial charge in [0.2, 0.25) is 5.91 Å². The molecule has 0 aromatic heterocycles. The lowest BCUT2D eigenvalue weighted by Gasteiger charge is -2.11. The quantitative estimate of drug-likeness (QED) is 0.685. The summed E-state index contributed by atoms with van der Waals surface area (Å²) in [6.45, 7) is 3.02. The number of benzene rings is 2. The second kappa shape index (κ2) is 10.2. The molecule has 1 N–H and O–H groups in total. The van der Waals surface area contributed by atoms with E-state index in [9.17, 15) is 9.59 Å². The molecule has 0 bridgehead atoms. The third-order valence-corrected chi connectivity index (χ3v) is 3.77. The fraction of sp³-hybridized carbons (Fsp3) is 0.333. The second-order valence-corrected chi connectivity index (χ2v) is 6.18. The zero-order valence-corrected chi connectivity index (χ0v) is 16.0. The lowest BCUT2D eigenvalue weighted by Crippen LogP contribution is -2.21. The maximum Gasteiger partial charge on any atom is 0.253 e. The van der Waals surface area contributed by atoms with Crippen molar-refractivity contribution in [2.24, 2.45) is 0 Å². The largest absolute Gasteiger partial charge is 0.494 e. The van der Waals surface area contributed by atoms with E-state index in [4.69, 9.17) is 9.47 Å². The predicted molar refractivity (Wildman–Crippen MR) is 105 cm³/mol. The van der Waals surface area contributed by atoms with E-state index in [1.807, 2.05) is 31.2 Å². The van der Waals surface area contributed by atoms with Gasteiger partial charge in [0.05, 0.1) is 13.2 Å². The van der Waals surface area contributed by atoms with Crippen LogP contribution in [0.5, 0.6) is 11.5 Å². The summed E-state index contributed by atoms with van der Waals surface area (Å²) in [6.07, 6.45) is 0.964. The Morgan fingerprint density at radius 2 is 1.52 bits per heavy atom. The first-order valence-electron chi connectivity index (χ1n) is 8.97. The average Bonchev–Trinajstić information content (AvgIpc) is 2.66. The van der Waals surface area contributed by atoms with E-state index in [-0.39, 0.29) is 11.8 Å². The molecule has 0 fully saturated rings. The Balaban J connectivity index is 1.70. The van der Waals surface area contributed by atoms with Crippen molar-refractivity contribution in [3.8, 4) is 11.5 Å². The van der Waals surface area contributed by atoms with Gasteiger partial charge in [-0.1, -0.05) is 0 Å². The summed E-state index contributed by atoms with van der Waals surface area (Å²) in [5.74, 6) is 1.40. The topological polar surface area (TPSA) is 67.9 Å². The van der Waals surface area contributed by atoms with Crippen molar-refractivity contribution in [3.05, 3.63) is 54.1 Å². The molecule has 0 spiro atoms. The van der Waals surface area contributed by atoms with E-state index >= 15 is 0 Å². The molecule has 0 aliphatic heterocycles. The van der Waals surface area contributed by atoms with Crippen molar-refractivity contribution in [1.29, 1.82) is 0 Å². The fourth-order valence-corrected chi connectivity index (χ4v) is 2.40. The summed E-state index contributed by atoms with van der Waals surface area (Å²) in [4.78, 5) is 25.4. The normalized spacial score (nSPS) is 10.2. The maximum absolute atomic E-state index is 12.0. The molecule has 0 unspecified atom stereocenters. The van der Waals surface area contributed by atoms with Crippen LogP contribution in [0.2, 0.25) is 0 Å². The minimum Gasteiger partial charge on any atom is -0.494 e. The van der Waals surface area contributed by atoms with Crippen LogP contribution in [0.15, 0.2) is 48.5 Å². The SMILES string of the molecule is CCOc1ccc(OCCCC(=O)Nc2ccc(C(=O)N(C)C)cc2)cc1. The van der Waals surface area contributed by atoms with Gasteiger partial charge >= 0.3 is 0 Å². The Labute approximate surface area is 160 Å². The number of hydrogen-bond donors (Lipinski definition) is 1. The van der Waals surface area contributed by atoms with Crippen molar-refractivity contribution < 1.29 is 19.1 Å². The third-order valence-electron chi connectivity index (χ3n) is 3.77. The number of rotatable bonds is 9. The van der Waals surface area contributed by atoms with Crippen LogP contribution in [0.3, 0.4) is 0 Å². The molecule has 0 radical (unpaired) electrons. The van der Waals surface area contributed by atoms with Crippen LogP contribution in [0.4, 0.5) is 5.69 Å². The van der Waals surface area contributed by atoms with Gasteiger partial charge in [-0.15, -0.1) is 0 Å². The number of ether oxygens (including phenoxy) is 2. The Hall–Kier alpha value is -3.02. The monoisotopic (exact) mass is 370 g/mol. The van der Waals surface area contributed by atoms with Gasteiger partial charge in [-0.2, -0.15) is 0 Å². The van der Waals surface area contributed by atoms with Gasteiger partial charge in [-0.05, 0) is 61.9 Å². The zero-order valence-electron chi connectivity index (χ0n) is 16.0. The Morgan fingerprint density at radius 3 is 2.07 bits per heavy atom. The van der Waals surface area contributed by atoms with Crippen LogP contribution in [-0.4, -0.2) is 44.0 Å². The fourth-order valence-electron chi connectivity index (χ4n) is 2.40. The van der Waals surface area contributed by atoms with Crippen LogP contribution < -0.4 is 14.8 Å². The molecule has 2 rings (SSSR count). The van der Waals surface area contributed by atoms with E-state index in [0.29, 0.717) is 37.3 Å². The molecule has 6 heteroatoms. The molecule has 27 heavy (non-hydrogen) atoms. The lowest BCUT2D eigenvalue weighted by molar-refractivity contribution is -0.116. The highest BCUT2D eigenvalue weighted by atomic mass is 16.5. The highest BCUT2D eigenvalue weighted by Crippen LogP contribution is 2.18. The van der Waals surface area contributed by atoms with Crippen LogP contribution >= 0.6 is 0 Å². The van der Waals surface area contributed by atoms with Gasteiger partial charge < -0.3 is 19.7 Å². The second-order valence-electron chi connectivity index (χ2n) is 6.18.